The smallest absolute Gasteiger partial charge is 0.240 e. The van der Waals surface area contributed by atoms with Gasteiger partial charge in [0.05, 0.1) is 5.69 Å². The van der Waals surface area contributed by atoms with Crippen molar-refractivity contribution in [1.29, 1.82) is 0 Å². The normalized spacial score (nSPS) is 13.7. The third-order valence-electron chi connectivity index (χ3n) is 2.41. The second-order valence-corrected chi connectivity index (χ2v) is 4.59. The van der Waals surface area contributed by atoms with E-state index < -0.39 is 29.8 Å². The molecule has 0 radical (unpaired) electrons. The summed E-state index contributed by atoms with van der Waals surface area (Å²) in [6.45, 7) is 5.92. The number of rotatable bonds is 3. The molecular weight excluding hydrogens is 257 g/mol. The maximum Gasteiger partial charge on any atom is 0.459 e. The van der Waals surface area contributed by atoms with Crippen LogP contribution in [0.25, 0.3) is 0 Å². The first kappa shape index (κ1) is 14.8. The molecule has 0 N–H and O–H groups in total. The molecule has 0 atom stereocenters. The van der Waals surface area contributed by atoms with Crippen molar-refractivity contribution in [3.8, 4) is 0 Å². The molecule has 18 heavy (non-hydrogen) atoms. The fraction of sp³-hybridized carbons (Fsp3) is 0.800. The van der Waals surface area contributed by atoms with Crippen LogP contribution in [0, 0.1) is 0 Å². The van der Waals surface area contributed by atoms with Gasteiger partial charge in [0, 0.05) is 6.04 Å². The molecule has 1 aromatic heterocycles. The average molecular weight is 271 g/mol. The van der Waals surface area contributed by atoms with Gasteiger partial charge in [-0.1, -0.05) is 19.1 Å². The summed E-state index contributed by atoms with van der Waals surface area (Å²) in [6, 6.07) is -0.631. The van der Waals surface area contributed by atoms with E-state index in [1.165, 1.54) is 27.7 Å². The summed E-state index contributed by atoms with van der Waals surface area (Å²) in [7, 11) is 0. The molecule has 1 rings (SSSR count). The molecule has 0 amide bonds. The topological polar surface area (TPSA) is 30.7 Å². The molecule has 0 spiro atoms. The molecule has 1 aromatic rings. The Morgan fingerprint density at radius 1 is 1.00 bits per heavy atom. The first-order valence-corrected chi connectivity index (χ1v) is 5.40. The standard InChI is InChI=1S/C10H14F5N3/c1-5(2)7-8(9(11,12)10(13,14)15)18(6(3)4)17-16-7/h5-6H,1-4H3. The fourth-order valence-corrected chi connectivity index (χ4v) is 1.50. The highest BCUT2D eigenvalue weighted by atomic mass is 19.4. The Hall–Kier alpha value is -1.21. The number of hydrogen-bond donors (Lipinski definition) is 0. The number of alkyl halides is 5. The van der Waals surface area contributed by atoms with Crippen LogP contribution in [0.15, 0.2) is 0 Å². The highest BCUT2D eigenvalue weighted by Gasteiger charge is 2.62. The van der Waals surface area contributed by atoms with Crippen molar-refractivity contribution < 1.29 is 22.0 Å². The lowest BCUT2D eigenvalue weighted by Crippen LogP contribution is -2.37. The quantitative estimate of drug-likeness (QED) is 0.786. The van der Waals surface area contributed by atoms with Crippen LogP contribution < -0.4 is 0 Å². The summed E-state index contributed by atoms with van der Waals surface area (Å²) in [4.78, 5) is 0. The van der Waals surface area contributed by atoms with Gasteiger partial charge in [-0.15, -0.1) is 5.10 Å². The molecule has 3 nitrogen and oxygen atoms in total. The minimum atomic E-state index is -5.66. The molecule has 0 bridgehead atoms. The van der Waals surface area contributed by atoms with Gasteiger partial charge in [-0.2, -0.15) is 22.0 Å². The zero-order valence-electron chi connectivity index (χ0n) is 10.4. The number of halogens is 5. The first-order valence-electron chi connectivity index (χ1n) is 5.40. The van der Waals surface area contributed by atoms with E-state index in [1.807, 2.05) is 0 Å². The van der Waals surface area contributed by atoms with E-state index in [0.29, 0.717) is 4.68 Å². The second-order valence-electron chi connectivity index (χ2n) is 4.59. The van der Waals surface area contributed by atoms with E-state index in [1.54, 1.807) is 0 Å². The SMILES string of the molecule is CC(C)c1nnn(C(C)C)c1C(F)(F)C(F)(F)F. The van der Waals surface area contributed by atoms with Gasteiger partial charge in [0.2, 0.25) is 0 Å². The highest BCUT2D eigenvalue weighted by molar-refractivity contribution is 5.21. The Morgan fingerprint density at radius 3 is 1.83 bits per heavy atom. The number of hydrogen-bond acceptors (Lipinski definition) is 2. The Morgan fingerprint density at radius 2 is 1.50 bits per heavy atom. The molecular formula is C10H14F5N3. The minimum absolute atomic E-state index is 0.328. The van der Waals surface area contributed by atoms with Crippen molar-refractivity contribution in [3.63, 3.8) is 0 Å². The monoisotopic (exact) mass is 271 g/mol. The Labute approximate surface area is 101 Å². The Balaban J connectivity index is 3.50. The van der Waals surface area contributed by atoms with Gasteiger partial charge in [-0.3, -0.25) is 0 Å². The average Bonchev–Trinajstić information content (AvgIpc) is 2.59. The lowest BCUT2D eigenvalue weighted by Gasteiger charge is -2.23. The summed E-state index contributed by atoms with van der Waals surface area (Å²) < 4.78 is 65.0. The van der Waals surface area contributed by atoms with E-state index in [9.17, 15) is 22.0 Å². The molecule has 0 aliphatic heterocycles. The predicted octanol–water partition coefficient (Wildman–Crippen LogP) is 3.64. The van der Waals surface area contributed by atoms with Gasteiger partial charge in [0.15, 0.2) is 0 Å². The number of aromatic nitrogens is 3. The van der Waals surface area contributed by atoms with E-state index in [-0.39, 0.29) is 5.69 Å². The molecule has 104 valence electrons. The van der Waals surface area contributed by atoms with Gasteiger partial charge in [-0.05, 0) is 19.8 Å². The molecule has 0 saturated carbocycles. The molecule has 1 heterocycles. The van der Waals surface area contributed by atoms with E-state index >= 15 is 0 Å². The van der Waals surface area contributed by atoms with E-state index in [0.717, 1.165) is 0 Å². The van der Waals surface area contributed by atoms with Crippen LogP contribution in [0.4, 0.5) is 22.0 Å². The summed E-state index contributed by atoms with van der Waals surface area (Å²) in [5.41, 5.74) is -1.49. The highest BCUT2D eigenvalue weighted by Crippen LogP contribution is 2.46. The molecule has 0 unspecified atom stereocenters. The predicted molar refractivity (Wildman–Crippen MR) is 54.4 cm³/mol. The van der Waals surface area contributed by atoms with E-state index in [2.05, 4.69) is 10.3 Å². The summed E-state index contributed by atoms with van der Waals surface area (Å²) >= 11 is 0. The summed E-state index contributed by atoms with van der Waals surface area (Å²) in [5, 5.41) is 6.85. The van der Waals surface area contributed by atoms with Crippen molar-refractivity contribution in [2.75, 3.05) is 0 Å². The lowest BCUT2D eigenvalue weighted by atomic mass is 10.0. The van der Waals surface area contributed by atoms with Gasteiger partial charge in [0.1, 0.15) is 5.69 Å². The third-order valence-corrected chi connectivity index (χ3v) is 2.41. The maximum absolute atomic E-state index is 13.5. The lowest BCUT2D eigenvalue weighted by molar-refractivity contribution is -0.292. The first-order chi connectivity index (χ1) is 8.00. The third kappa shape index (κ3) is 2.32. The summed E-state index contributed by atoms with van der Waals surface area (Å²) in [6.07, 6.45) is -5.66. The zero-order chi connectivity index (χ0) is 14.3. The number of nitrogens with zero attached hydrogens (tertiary/aromatic N) is 3. The van der Waals surface area contributed by atoms with Crippen molar-refractivity contribution in [2.45, 2.75) is 51.8 Å². The van der Waals surface area contributed by atoms with Crippen LogP contribution in [0.3, 0.4) is 0 Å². The second kappa shape index (κ2) is 4.47. The molecule has 0 aromatic carbocycles. The van der Waals surface area contributed by atoms with Crippen molar-refractivity contribution in [3.05, 3.63) is 11.4 Å². The van der Waals surface area contributed by atoms with Crippen LogP contribution in [0.1, 0.15) is 51.0 Å². The summed E-state index contributed by atoms with van der Waals surface area (Å²) in [5.74, 6) is -5.53. The minimum Gasteiger partial charge on any atom is -0.240 e. The molecule has 0 aliphatic carbocycles. The zero-order valence-corrected chi connectivity index (χ0v) is 10.4. The Bertz CT molecular complexity index is 394. The molecule has 0 saturated heterocycles. The van der Waals surface area contributed by atoms with Gasteiger partial charge in [0.25, 0.3) is 0 Å². The van der Waals surface area contributed by atoms with Crippen LogP contribution in [-0.4, -0.2) is 21.2 Å². The van der Waals surface area contributed by atoms with Gasteiger partial charge < -0.3 is 0 Å². The van der Waals surface area contributed by atoms with Crippen molar-refractivity contribution >= 4 is 0 Å². The van der Waals surface area contributed by atoms with Crippen LogP contribution in [0.5, 0.6) is 0 Å². The van der Waals surface area contributed by atoms with Crippen LogP contribution in [0.2, 0.25) is 0 Å². The van der Waals surface area contributed by atoms with Crippen LogP contribution >= 0.6 is 0 Å². The van der Waals surface area contributed by atoms with Crippen LogP contribution in [-0.2, 0) is 5.92 Å². The van der Waals surface area contributed by atoms with Crippen molar-refractivity contribution in [2.24, 2.45) is 0 Å². The molecule has 8 heteroatoms. The Kier molecular flexibility index (Phi) is 3.69. The molecule has 0 aliphatic rings. The van der Waals surface area contributed by atoms with E-state index in [4.69, 9.17) is 0 Å². The fourth-order valence-electron chi connectivity index (χ4n) is 1.50. The van der Waals surface area contributed by atoms with Gasteiger partial charge >= 0.3 is 12.1 Å². The largest absolute Gasteiger partial charge is 0.459 e. The van der Waals surface area contributed by atoms with Crippen molar-refractivity contribution in [1.82, 2.24) is 15.0 Å². The van der Waals surface area contributed by atoms with Gasteiger partial charge in [-0.25, -0.2) is 4.68 Å². The maximum atomic E-state index is 13.5. The molecule has 0 fully saturated rings.